The molecule has 0 spiro atoms. The van der Waals surface area contributed by atoms with Gasteiger partial charge in [0.1, 0.15) is 12.4 Å². The predicted molar refractivity (Wildman–Crippen MR) is 86.7 cm³/mol. The fourth-order valence-electron chi connectivity index (χ4n) is 3.15. The van der Waals surface area contributed by atoms with Crippen LogP contribution >= 0.6 is 0 Å². The summed E-state index contributed by atoms with van der Waals surface area (Å²) in [6.45, 7) is 3.37. The average molecular weight is 309 g/mol. The highest BCUT2D eigenvalue weighted by molar-refractivity contribution is 5.84. The van der Waals surface area contributed by atoms with Crippen molar-refractivity contribution in [1.82, 2.24) is 24.6 Å². The van der Waals surface area contributed by atoms with E-state index in [0.717, 1.165) is 25.5 Å². The van der Waals surface area contributed by atoms with Gasteiger partial charge in [0, 0.05) is 44.5 Å². The molecule has 0 bridgehead atoms. The maximum Gasteiger partial charge on any atom is 0.163 e. The van der Waals surface area contributed by atoms with Crippen LogP contribution in [0.15, 0.2) is 43.0 Å². The lowest BCUT2D eigenvalue weighted by Gasteiger charge is -2.32. The molecular weight excluding hydrogens is 290 g/mol. The molecule has 0 saturated carbocycles. The van der Waals surface area contributed by atoms with E-state index >= 15 is 0 Å². The minimum Gasteiger partial charge on any atom is -0.368 e. The van der Waals surface area contributed by atoms with Crippen molar-refractivity contribution in [1.29, 1.82) is 0 Å². The van der Waals surface area contributed by atoms with Crippen LogP contribution in [0.4, 0.5) is 0 Å². The van der Waals surface area contributed by atoms with Gasteiger partial charge in [-0.15, -0.1) is 10.2 Å². The molecule has 0 radical (unpaired) electrons. The van der Waals surface area contributed by atoms with Crippen LogP contribution in [-0.4, -0.2) is 44.3 Å². The van der Waals surface area contributed by atoms with Gasteiger partial charge in [-0.2, -0.15) is 0 Å². The van der Waals surface area contributed by atoms with E-state index in [9.17, 15) is 0 Å². The van der Waals surface area contributed by atoms with E-state index in [1.165, 1.54) is 16.3 Å². The first-order valence-corrected chi connectivity index (χ1v) is 7.81. The molecule has 0 N–H and O–H groups in total. The summed E-state index contributed by atoms with van der Waals surface area (Å²) in [4.78, 5) is 6.62. The number of pyridine rings is 1. The number of ether oxygens (including phenoxy) is 1. The van der Waals surface area contributed by atoms with Crippen molar-refractivity contribution in [3.8, 4) is 0 Å². The number of nitrogens with zero attached hydrogens (tertiary/aromatic N) is 5. The van der Waals surface area contributed by atoms with E-state index in [1.807, 2.05) is 24.0 Å². The summed E-state index contributed by atoms with van der Waals surface area (Å²) in [5, 5.41) is 10.6. The largest absolute Gasteiger partial charge is 0.368 e. The van der Waals surface area contributed by atoms with Crippen molar-refractivity contribution < 1.29 is 4.74 Å². The number of aryl methyl sites for hydroxylation is 1. The molecule has 1 atom stereocenters. The molecule has 23 heavy (non-hydrogen) atoms. The number of rotatable bonds is 3. The first kappa shape index (κ1) is 14.3. The molecule has 0 aliphatic carbocycles. The van der Waals surface area contributed by atoms with E-state index in [-0.39, 0.29) is 6.10 Å². The fourth-order valence-corrected chi connectivity index (χ4v) is 3.15. The zero-order valence-corrected chi connectivity index (χ0v) is 13.1. The van der Waals surface area contributed by atoms with Crippen molar-refractivity contribution >= 4 is 10.8 Å². The van der Waals surface area contributed by atoms with Crippen LogP contribution in [0.1, 0.15) is 17.5 Å². The molecule has 1 fully saturated rings. The monoisotopic (exact) mass is 309 g/mol. The maximum atomic E-state index is 5.88. The van der Waals surface area contributed by atoms with Gasteiger partial charge in [-0.05, 0) is 17.0 Å². The Morgan fingerprint density at radius 3 is 3.13 bits per heavy atom. The summed E-state index contributed by atoms with van der Waals surface area (Å²) in [5.41, 5.74) is 1.32. The second kappa shape index (κ2) is 6.06. The number of hydrogen-bond acceptors (Lipinski definition) is 5. The molecule has 0 amide bonds. The van der Waals surface area contributed by atoms with Gasteiger partial charge in [-0.3, -0.25) is 9.88 Å². The van der Waals surface area contributed by atoms with Crippen molar-refractivity contribution in [2.24, 2.45) is 7.05 Å². The third-order valence-electron chi connectivity index (χ3n) is 4.35. The Balaban J connectivity index is 1.55. The molecule has 2 aromatic heterocycles. The first-order valence-electron chi connectivity index (χ1n) is 7.81. The predicted octanol–water partition coefficient (Wildman–Crippen LogP) is 1.94. The molecule has 3 aromatic rings. The van der Waals surface area contributed by atoms with Crippen LogP contribution in [-0.2, 0) is 18.3 Å². The van der Waals surface area contributed by atoms with E-state index in [4.69, 9.17) is 4.74 Å². The molecule has 6 heteroatoms. The van der Waals surface area contributed by atoms with Crippen LogP contribution in [0.25, 0.3) is 10.8 Å². The molecule has 0 unspecified atom stereocenters. The minimum atomic E-state index is -0.0205. The van der Waals surface area contributed by atoms with E-state index in [2.05, 4.69) is 44.3 Å². The SMILES string of the molecule is Cn1cnnc1[C@H]1CN(Cc2cccc3cnccc23)CCO1. The summed E-state index contributed by atoms with van der Waals surface area (Å²) < 4.78 is 7.81. The Morgan fingerprint density at radius 2 is 2.26 bits per heavy atom. The van der Waals surface area contributed by atoms with Gasteiger partial charge in [0.2, 0.25) is 0 Å². The Hall–Kier alpha value is -2.31. The lowest BCUT2D eigenvalue weighted by Crippen LogP contribution is -2.38. The Morgan fingerprint density at radius 1 is 1.30 bits per heavy atom. The summed E-state index contributed by atoms with van der Waals surface area (Å²) in [6.07, 6.45) is 5.47. The standard InChI is InChI=1S/C17H19N5O/c1-21-12-19-20-17(21)16-11-22(7-8-23-16)10-14-4-2-3-13-9-18-6-5-15(13)14/h2-6,9,12,16H,7-8,10-11H2,1H3/t16-/m1/s1. The number of hydrogen-bond donors (Lipinski definition) is 0. The van der Waals surface area contributed by atoms with Crippen molar-refractivity contribution in [3.63, 3.8) is 0 Å². The van der Waals surface area contributed by atoms with Crippen LogP contribution in [0.2, 0.25) is 0 Å². The zero-order chi connectivity index (χ0) is 15.6. The summed E-state index contributed by atoms with van der Waals surface area (Å²) in [7, 11) is 1.95. The van der Waals surface area contributed by atoms with Crippen LogP contribution < -0.4 is 0 Å². The number of morpholine rings is 1. The Labute approximate surface area is 134 Å². The van der Waals surface area contributed by atoms with Gasteiger partial charge in [0.25, 0.3) is 0 Å². The van der Waals surface area contributed by atoms with E-state index in [1.54, 1.807) is 6.33 Å². The lowest BCUT2D eigenvalue weighted by molar-refractivity contribution is -0.0384. The molecule has 6 nitrogen and oxygen atoms in total. The van der Waals surface area contributed by atoms with Gasteiger partial charge in [-0.1, -0.05) is 18.2 Å². The van der Waals surface area contributed by atoms with E-state index < -0.39 is 0 Å². The lowest BCUT2D eigenvalue weighted by atomic mass is 10.1. The number of benzene rings is 1. The molecule has 1 saturated heterocycles. The highest BCUT2D eigenvalue weighted by atomic mass is 16.5. The average Bonchev–Trinajstić information content (AvgIpc) is 3.02. The van der Waals surface area contributed by atoms with E-state index in [0.29, 0.717) is 6.61 Å². The fraction of sp³-hybridized carbons (Fsp3) is 0.353. The van der Waals surface area contributed by atoms with Gasteiger partial charge < -0.3 is 9.30 Å². The van der Waals surface area contributed by atoms with Crippen LogP contribution in [0.3, 0.4) is 0 Å². The molecule has 4 rings (SSSR count). The Kier molecular flexibility index (Phi) is 3.77. The minimum absolute atomic E-state index is 0.0205. The summed E-state index contributed by atoms with van der Waals surface area (Å²) in [5.74, 6) is 0.886. The van der Waals surface area contributed by atoms with Gasteiger partial charge in [-0.25, -0.2) is 0 Å². The van der Waals surface area contributed by atoms with Crippen molar-refractivity contribution in [2.45, 2.75) is 12.6 Å². The Bertz CT molecular complexity index is 810. The van der Waals surface area contributed by atoms with Gasteiger partial charge in [0.05, 0.1) is 6.61 Å². The number of aromatic nitrogens is 4. The van der Waals surface area contributed by atoms with Gasteiger partial charge >= 0.3 is 0 Å². The summed E-state index contributed by atoms with van der Waals surface area (Å²) >= 11 is 0. The first-order chi connectivity index (χ1) is 11.3. The molecular formula is C17H19N5O. The van der Waals surface area contributed by atoms with Crippen molar-refractivity contribution in [3.05, 3.63) is 54.4 Å². The molecule has 1 aliphatic heterocycles. The second-order valence-electron chi connectivity index (χ2n) is 5.91. The molecule has 3 heterocycles. The topological polar surface area (TPSA) is 56.1 Å². The zero-order valence-electron chi connectivity index (χ0n) is 13.1. The molecule has 1 aliphatic rings. The highest BCUT2D eigenvalue weighted by Gasteiger charge is 2.25. The quantitative estimate of drug-likeness (QED) is 0.740. The molecule has 1 aromatic carbocycles. The smallest absolute Gasteiger partial charge is 0.163 e. The second-order valence-corrected chi connectivity index (χ2v) is 5.91. The van der Waals surface area contributed by atoms with Gasteiger partial charge in [0.15, 0.2) is 5.82 Å². The third kappa shape index (κ3) is 2.83. The van der Waals surface area contributed by atoms with Crippen LogP contribution in [0, 0.1) is 0 Å². The molecule has 118 valence electrons. The van der Waals surface area contributed by atoms with Crippen LogP contribution in [0.5, 0.6) is 0 Å². The summed E-state index contributed by atoms with van der Waals surface area (Å²) in [6, 6.07) is 8.48. The maximum absolute atomic E-state index is 5.88. The normalized spacial score (nSPS) is 19.3. The third-order valence-corrected chi connectivity index (χ3v) is 4.35. The number of fused-ring (bicyclic) bond motifs is 1. The highest BCUT2D eigenvalue weighted by Crippen LogP contribution is 2.24. The van der Waals surface area contributed by atoms with Crippen molar-refractivity contribution in [2.75, 3.05) is 19.7 Å².